The average molecular weight is 409 g/mol. The maximum atomic E-state index is 14.0. The van der Waals surface area contributed by atoms with E-state index in [1.54, 1.807) is 20.8 Å². The largest absolute Gasteiger partial charge is 0.547 e. The molecule has 0 unspecified atom stereocenters. The van der Waals surface area contributed by atoms with Gasteiger partial charge in [-0.25, -0.2) is 9.18 Å². The molecular weight excluding hydrogens is 384 g/mol. The summed E-state index contributed by atoms with van der Waals surface area (Å²) < 4.78 is 29.2. The Bertz CT molecular complexity index is 793. The molecule has 2 rings (SSSR count). The zero-order valence-electron chi connectivity index (χ0n) is 16.9. The molecule has 158 valence electrons. The highest BCUT2D eigenvalue weighted by Gasteiger charge is 2.38. The molecule has 29 heavy (non-hydrogen) atoms. The number of rotatable bonds is 6. The highest BCUT2D eigenvalue weighted by Crippen LogP contribution is 2.32. The van der Waals surface area contributed by atoms with Crippen molar-refractivity contribution in [1.29, 1.82) is 0 Å². The number of amides is 1. The number of hydrogen-bond donors (Lipinski definition) is 2. The van der Waals surface area contributed by atoms with Gasteiger partial charge in [-0.1, -0.05) is 6.92 Å². The van der Waals surface area contributed by atoms with Crippen LogP contribution in [0.3, 0.4) is 0 Å². The van der Waals surface area contributed by atoms with Crippen LogP contribution in [0.15, 0.2) is 12.1 Å². The molecule has 0 radical (unpaired) electrons. The van der Waals surface area contributed by atoms with Gasteiger partial charge in [0, 0.05) is 6.42 Å². The van der Waals surface area contributed by atoms with E-state index < -0.39 is 43.0 Å². The number of carbonyl (C=O) groups excluding carboxylic acids is 3. The monoisotopic (exact) mass is 409 g/mol. The number of esters is 2. The molecule has 2 N–H and O–H groups in total. The van der Waals surface area contributed by atoms with Crippen LogP contribution in [0.25, 0.3) is 0 Å². The summed E-state index contributed by atoms with van der Waals surface area (Å²) in [7, 11) is -1.42. The second-order valence-electron chi connectivity index (χ2n) is 7.81. The average Bonchev–Trinajstić information content (AvgIpc) is 2.61. The van der Waals surface area contributed by atoms with Crippen LogP contribution >= 0.6 is 0 Å². The number of hydrogen-bond acceptors (Lipinski definition) is 7. The molecule has 0 fully saturated rings. The van der Waals surface area contributed by atoms with Crippen molar-refractivity contribution in [1.82, 2.24) is 5.32 Å². The van der Waals surface area contributed by atoms with Crippen molar-refractivity contribution in [2.24, 2.45) is 5.41 Å². The van der Waals surface area contributed by atoms with Crippen LogP contribution in [-0.2, 0) is 25.5 Å². The third-order valence-electron chi connectivity index (χ3n) is 4.19. The van der Waals surface area contributed by atoms with Gasteiger partial charge < -0.3 is 24.5 Å². The third-order valence-corrected chi connectivity index (χ3v) is 4.19. The van der Waals surface area contributed by atoms with Crippen LogP contribution in [-0.4, -0.2) is 42.7 Å². The number of benzene rings is 1. The van der Waals surface area contributed by atoms with Gasteiger partial charge in [0.15, 0.2) is 0 Å². The van der Waals surface area contributed by atoms with Gasteiger partial charge in [-0.15, -0.1) is 0 Å². The summed E-state index contributed by atoms with van der Waals surface area (Å²) in [6.45, 7) is 6.13. The van der Waals surface area contributed by atoms with Crippen molar-refractivity contribution >= 4 is 25.0 Å². The molecule has 0 spiro atoms. The first-order valence-corrected chi connectivity index (χ1v) is 9.33. The molecule has 0 saturated heterocycles. The van der Waals surface area contributed by atoms with Gasteiger partial charge in [0.1, 0.15) is 17.1 Å². The number of halogens is 1. The Kier molecular flexibility index (Phi) is 7.24. The van der Waals surface area contributed by atoms with Crippen molar-refractivity contribution < 1.29 is 37.9 Å². The Labute approximate surface area is 168 Å². The van der Waals surface area contributed by atoms with E-state index in [1.807, 2.05) is 6.92 Å². The molecule has 1 amide bonds. The summed E-state index contributed by atoms with van der Waals surface area (Å²) in [6.07, 6.45) is 0.990. The number of fused-ring (bicyclic) bond motifs is 1. The van der Waals surface area contributed by atoms with Crippen molar-refractivity contribution in [2.75, 3.05) is 6.79 Å². The van der Waals surface area contributed by atoms with Crippen LogP contribution in [0, 0.1) is 11.2 Å². The van der Waals surface area contributed by atoms with Crippen molar-refractivity contribution in [3.05, 3.63) is 29.1 Å². The summed E-state index contributed by atoms with van der Waals surface area (Å²) in [6, 6.07) is 2.08. The van der Waals surface area contributed by atoms with Crippen molar-refractivity contribution in [3.8, 4) is 5.75 Å². The van der Waals surface area contributed by atoms with E-state index in [2.05, 4.69) is 5.32 Å². The van der Waals surface area contributed by atoms with Crippen LogP contribution in [0.1, 0.15) is 56.5 Å². The molecule has 1 aromatic rings. The standard InChI is InChI=1S/C19H25BFNO7/c1-5-6-15(23)22-14-8-11-7-12(21)9-13(16(11)29-20(14)26)17(24)27-10-28-18(25)19(2,3)4/h7,9,14,26H,5-6,8,10H2,1-4H3,(H,22,23)/t14-/m0/s1. The molecule has 1 aliphatic rings. The van der Waals surface area contributed by atoms with Gasteiger partial charge in [0.05, 0.1) is 11.4 Å². The molecule has 1 atom stereocenters. The van der Waals surface area contributed by atoms with E-state index in [-0.39, 0.29) is 30.1 Å². The topological polar surface area (TPSA) is 111 Å². The SMILES string of the molecule is CCCC(=O)N[C@H]1Cc2cc(F)cc(C(=O)OCOC(=O)C(C)(C)C)c2OB1O. The summed E-state index contributed by atoms with van der Waals surface area (Å²) in [5.74, 6) is -3.32. The minimum absolute atomic E-state index is 0.0351. The van der Waals surface area contributed by atoms with Gasteiger partial charge in [-0.2, -0.15) is 0 Å². The van der Waals surface area contributed by atoms with Gasteiger partial charge in [-0.05, 0) is 51.3 Å². The molecule has 1 aromatic carbocycles. The molecule has 0 saturated carbocycles. The second-order valence-corrected chi connectivity index (χ2v) is 7.81. The highest BCUT2D eigenvalue weighted by molar-refractivity contribution is 6.47. The molecule has 0 aromatic heterocycles. The van der Waals surface area contributed by atoms with E-state index >= 15 is 0 Å². The smallest absolute Gasteiger partial charge is 0.534 e. The molecular formula is C19H25BFNO7. The van der Waals surface area contributed by atoms with Gasteiger partial charge in [0.2, 0.25) is 12.7 Å². The van der Waals surface area contributed by atoms with Crippen LogP contribution in [0.2, 0.25) is 0 Å². The third kappa shape index (κ3) is 5.93. The number of carbonyl (C=O) groups is 3. The normalized spacial score (nSPS) is 15.8. The van der Waals surface area contributed by atoms with E-state index in [9.17, 15) is 23.8 Å². The summed E-state index contributed by atoms with van der Waals surface area (Å²) >= 11 is 0. The van der Waals surface area contributed by atoms with E-state index in [0.717, 1.165) is 12.1 Å². The minimum atomic E-state index is -1.42. The van der Waals surface area contributed by atoms with E-state index in [4.69, 9.17) is 14.1 Å². The molecule has 1 heterocycles. The van der Waals surface area contributed by atoms with Gasteiger partial charge >= 0.3 is 19.1 Å². The van der Waals surface area contributed by atoms with E-state index in [0.29, 0.717) is 12.0 Å². The lowest BCUT2D eigenvalue weighted by atomic mass is 9.72. The molecule has 8 nitrogen and oxygen atoms in total. The first kappa shape index (κ1) is 22.7. The lowest BCUT2D eigenvalue weighted by Gasteiger charge is -2.29. The zero-order chi connectivity index (χ0) is 21.8. The summed E-state index contributed by atoms with van der Waals surface area (Å²) in [4.78, 5) is 35.8. The fourth-order valence-electron chi connectivity index (χ4n) is 2.69. The van der Waals surface area contributed by atoms with Crippen molar-refractivity contribution in [2.45, 2.75) is 52.9 Å². The van der Waals surface area contributed by atoms with Gasteiger partial charge in [-0.3, -0.25) is 9.59 Å². The number of ether oxygens (including phenoxy) is 2. The Balaban J connectivity index is 2.12. The zero-order valence-corrected chi connectivity index (χ0v) is 16.9. The van der Waals surface area contributed by atoms with E-state index in [1.165, 1.54) is 0 Å². The Hall–Kier alpha value is -2.62. The first-order chi connectivity index (χ1) is 13.5. The predicted octanol–water partition coefficient (Wildman–Crippen LogP) is 1.77. The molecule has 10 heteroatoms. The minimum Gasteiger partial charge on any atom is -0.534 e. The maximum Gasteiger partial charge on any atom is 0.547 e. The predicted molar refractivity (Wildman–Crippen MR) is 101 cm³/mol. The fourth-order valence-corrected chi connectivity index (χ4v) is 2.69. The van der Waals surface area contributed by atoms with Crippen LogP contribution in [0.4, 0.5) is 4.39 Å². The lowest BCUT2D eigenvalue weighted by Crippen LogP contribution is -2.53. The lowest BCUT2D eigenvalue weighted by molar-refractivity contribution is -0.161. The molecule has 1 aliphatic heterocycles. The highest BCUT2D eigenvalue weighted by atomic mass is 19.1. The molecule has 0 bridgehead atoms. The summed E-state index contributed by atoms with van der Waals surface area (Å²) in [5.41, 5.74) is -0.713. The number of nitrogens with one attached hydrogen (secondary N) is 1. The Morgan fingerprint density at radius 1 is 1.31 bits per heavy atom. The second kappa shape index (κ2) is 9.26. The van der Waals surface area contributed by atoms with Crippen molar-refractivity contribution in [3.63, 3.8) is 0 Å². The van der Waals surface area contributed by atoms with Crippen LogP contribution < -0.4 is 9.97 Å². The van der Waals surface area contributed by atoms with Crippen LogP contribution in [0.5, 0.6) is 5.75 Å². The first-order valence-electron chi connectivity index (χ1n) is 9.33. The quantitative estimate of drug-likeness (QED) is 0.419. The van der Waals surface area contributed by atoms with Gasteiger partial charge in [0.25, 0.3) is 0 Å². The fraction of sp³-hybridized carbons (Fsp3) is 0.526. The Morgan fingerprint density at radius 2 is 2.00 bits per heavy atom. The maximum absolute atomic E-state index is 14.0. The summed E-state index contributed by atoms with van der Waals surface area (Å²) in [5, 5.41) is 12.8. The molecule has 0 aliphatic carbocycles. The Morgan fingerprint density at radius 3 is 2.62 bits per heavy atom.